The monoisotopic (exact) mass is 429 g/mol. The Morgan fingerprint density at radius 2 is 1.70 bits per heavy atom. The Kier molecular flexibility index (Phi) is 7.94. The third-order valence-corrected chi connectivity index (χ3v) is 5.11. The van der Waals surface area contributed by atoms with Gasteiger partial charge in [0.1, 0.15) is 18.2 Å². The molecule has 0 aromatic heterocycles. The van der Waals surface area contributed by atoms with E-state index < -0.39 is 5.82 Å². The molecule has 0 heterocycles. The molecule has 3 aromatic rings. The number of ether oxygens (including phenoxy) is 3. The van der Waals surface area contributed by atoms with Gasteiger partial charge in [-0.1, -0.05) is 41.9 Å². The minimum absolute atomic E-state index is 0.0262. The van der Waals surface area contributed by atoms with Crippen molar-refractivity contribution in [2.24, 2.45) is 0 Å². The standard InChI is InChI=1S/C24H25ClFNO3/c1-28-22-9-4-3-6-18(22)12-13-27-15-17-10-11-23(24(14-17)29-2)30-16-19-20(25)7-5-8-21(19)26/h3-11,14,27H,12-13,15-16H2,1-2H3. The molecular formula is C24H25ClFNO3. The summed E-state index contributed by atoms with van der Waals surface area (Å²) in [5, 5.41) is 3.76. The summed E-state index contributed by atoms with van der Waals surface area (Å²) in [7, 11) is 3.26. The first-order chi connectivity index (χ1) is 14.6. The molecule has 6 heteroatoms. The van der Waals surface area contributed by atoms with Crippen LogP contribution in [0.5, 0.6) is 17.2 Å². The number of hydrogen-bond donors (Lipinski definition) is 1. The molecule has 0 amide bonds. The summed E-state index contributed by atoms with van der Waals surface area (Å²) in [6.45, 7) is 1.52. The largest absolute Gasteiger partial charge is 0.496 e. The molecule has 4 nitrogen and oxygen atoms in total. The topological polar surface area (TPSA) is 39.7 Å². The van der Waals surface area contributed by atoms with Crippen molar-refractivity contribution in [3.05, 3.63) is 88.2 Å². The van der Waals surface area contributed by atoms with E-state index in [1.807, 2.05) is 36.4 Å². The van der Waals surface area contributed by atoms with Gasteiger partial charge in [0.05, 0.1) is 19.2 Å². The highest BCUT2D eigenvalue weighted by molar-refractivity contribution is 6.31. The van der Waals surface area contributed by atoms with E-state index in [1.165, 1.54) is 11.6 Å². The van der Waals surface area contributed by atoms with Crippen LogP contribution in [0, 0.1) is 5.82 Å². The molecule has 0 radical (unpaired) electrons. The van der Waals surface area contributed by atoms with Crippen LogP contribution in [0.15, 0.2) is 60.7 Å². The SMILES string of the molecule is COc1ccccc1CCNCc1ccc(OCc2c(F)cccc2Cl)c(OC)c1. The first kappa shape index (κ1) is 21.9. The molecular weight excluding hydrogens is 405 g/mol. The molecule has 0 unspecified atom stereocenters. The van der Waals surface area contributed by atoms with Crippen molar-refractivity contribution < 1.29 is 18.6 Å². The summed E-state index contributed by atoms with van der Waals surface area (Å²) in [4.78, 5) is 0. The van der Waals surface area contributed by atoms with Crippen molar-refractivity contribution in [2.75, 3.05) is 20.8 Å². The lowest BCUT2D eigenvalue weighted by atomic mass is 10.1. The van der Waals surface area contributed by atoms with E-state index in [0.717, 1.165) is 24.3 Å². The second-order valence-corrected chi connectivity index (χ2v) is 7.12. The van der Waals surface area contributed by atoms with Gasteiger partial charge in [-0.2, -0.15) is 0 Å². The van der Waals surface area contributed by atoms with Gasteiger partial charge in [-0.05, 0) is 54.4 Å². The van der Waals surface area contributed by atoms with E-state index in [1.54, 1.807) is 26.4 Å². The van der Waals surface area contributed by atoms with Gasteiger partial charge in [-0.3, -0.25) is 0 Å². The van der Waals surface area contributed by atoms with Crippen LogP contribution in [-0.2, 0) is 19.6 Å². The molecule has 0 spiro atoms. The van der Waals surface area contributed by atoms with Crippen LogP contribution in [0.3, 0.4) is 0 Å². The van der Waals surface area contributed by atoms with Gasteiger partial charge < -0.3 is 19.5 Å². The normalized spacial score (nSPS) is 10.7. The number of nitrogens with one attached hydrogen (secondary N) is 1. The lowest BCUT2D eigenvalue weighted by Crippen LogP contribution is -2.17. The van der Waals surface area contributed by atoms with Crippen molar-refractivity contribution in [1.29, 1.82) is 0 Å². The quantitative estimate of drug-likeness (QED) is 0.437. The third kappa shape index (κ3) is 5.65. The number of methoxy groups -OCH3 is 2. The average molecular weight is 430 g/mol. The summed E-state index contributed by atoms with van der Waals surface area (Å²) < 4.78 is 30.5. The molecule has 158 valence electrons. The smallest absolute Gasteiger partial charge is 0.161 e. The zero-order valence-corrected chi connectivity index (χ0v) is 17.8. The maximum absolute atomic E-state index is 13.9. The van der Waals surface area contributed by atoms with Crippen molar-refractivity contribution >= 4 is 11.6 Å². The lowest BCUT2D eigenvalue weighted by Gasteiger charge is -2.14. The van der Waals surface area contributed by atoms with Gasteiger partial charge >= 0.3 is 0 Å². The predicted octanol–water partition coefficient (Wildman–Crippen LogP) is 5.41. The van der Waals surface area contributed by atoms with E-state index >= 15 is 0 Å². The third-order valence-electron chi connectivity index (χ3n) is 4.75. The number of hydrogen-bond acceptors (Lipinski definition) is 4. The Balaban J connectivity index is 1.56. The Morgan fingerprint density at radius 1 is 0.900 bits per heavy atom. The fraction of sp³-hybridized carbons (Fsp3) is 0.250. The number of para-hydroxylation sites is 1. The van der Waals surface area contributed by atoms with Crippen LogP contribution >= 0.6 is 11.6 Å². The van der Waals surface area contributed by atoms with Crippen LogP contribution in [0.25, 0.3) is 0 Å². The lowest BCUT2D eigenvalue weighted by molar-refractivity contribution is 0.279. The molecule has 3 aromatic carbocycles. The molecule has 0 saturated carbocycles. The minimum Gasteiger partial charge on any atom is -0.496 e. The van der Waals surface area contributed by atoms with Gasteiger partial charge in [0.25, 0.3) is 0 Å². The molecule has 0 bridgehead atoms. The van der Waals surface area contributed by atoms with E-state index in [2.05, 4.69) is 11.4 Å². The highest BCUT2D eigenvalue weighted by atomic mass is 35.5. The van der Waals surface area contributed by atoms with Gasteiger partial charge in [-0.25, -0.2) is 4.39 Å². The van der Waals surface area contributed by atoms with Gasteiger partial charge in [0.2, 0.25) is 0 Å². The zero-order chi connectivity index (χ0) is 21.3. The Morgan fingerprint density at radius 3 is 2.47 bits per heavy atom. The molecule has 1 N–H and O–H groups in total. The fourth-order valence-corrected chi connectivity index (χ4v) is 3.34. The van der Waals surface area contributed by atoms with E-state index in [-0.39, 0.29) is 6.61 Å². The van der Waals surface area contributed by atoms with Gasteiger partial charge in [-0.15, -0.1) is 0 Å². The Labute approximate surface area is 181 Å². The molecule has 0 atom stereocenters. The van der Waals surface area contributed by atoms with E-state index in [9.17, 15) is 4.39 Å². The van der Waals surface area contributed by atoms with Crippen molar-refractivity contribution in [3.8, 4) is 17.2 Å². The minimum atomic E-state index is -0.391. The van der Waals surface area contributed by atoms with Crippen molar-refractivity contribution in [3.63, 3.8) is 0 Å². The first-order valence-electron chi connectivity index (χ1n) is 9.67. The fourth-order valence-electron chi connectivity index (χ4n) is 3.13. The number of rotatable bonds is 10. The highest BCUT2D eigenvalue weighted by Crippen LogP contribution is 2.30. The van der Waals surface area contributed by atoms with Gasteiger partial charge in [0, 0.05) is 12.1 Å². The average Bonchev–Trinajstić information content (AvgIpc) is 2.77. The molecule has 0 aliphatic heterocycles. The molecule has 0 fully saturated rings. The highest BCUT2D eigenvalue weighted by Gasteiger charge is 2.11. The maximum atomic E-state index is 13.9. The second kappa shape index (κ2) is 10.9. The summed E-state index contributed by atoms with van der Waals surface area (Å²) in [6.07, 6.45) is 0.867. The summed E-state index contributed by atoms with van der Waals surface area (Å²) in [5.41, 5.74) is 2.55. The van der Waals surface area contributed by atoms with Crippen LogP contribution in [0.4, 0.5) is 4.39 Å². The Bertz CT molecular complexity index is 960. The molecule has 30 heavy (non-hydrogen) atoms. The van der Waals surface area contributed by atoms with Crippen LogP contribution < -0.4 is 19.5 Å². The summed E-state index contributed by atoms with van der Waals surface area (Å²) >= 11 is 6.06. The van der Waals surface area contributed by atoms with E-state index in [4.69, 9.17) is 25.8 Å². The van der Waals surface area contributed by atoms with Crippen molar-refractivity contribution in [1.82, 2.24) is 5.32 Å². The van der Waals surface area contributed by atoms with Crippen molar-refractivity contribution in [2.45, 2.75) is 19.6 Å². The Hall–Kier alpha value is -2.76. The molecule has 0 saturated heterocycles. The van der Waals surface area contributed by atoms with Crippen LogP contribution in [-0.4, -0.2) is 20.8 Å². The maximum Gasteiger partial charge on any atom is 0.161 e. The molecule has 3 rings (SSSR count). The molecule has 0 aliphatic carbocycles. The predicted molar refractivity (Wildman–Crippen MR) is 117 cm³/mol. The summed E-state index contributed by atoms with van der Waals surface area (Å²) in [5.74, 6) is 1.64. The molecule has 0 aliphatic rings. The second-order valence-electron chi connectivity index (χ2n) is 6.71. The van der Waals surface area contributed by atoms with Gasteiger partial charge in [0.15, 0.2) is 11.5 Å². The van der Waals surface area contributed by atoms with E-state index in [0.29, 0.717) is 28.6 Å². The van der Waals surface area contributed by atoms with Crippen LogP contribution in [0.1, 0.15) is 16.7 Å². The zero-order valence-electron chi connectivity index (χ0n) is 17.1. The first-order valence-corrected chi connectivity index (χ1v) is 10.1. The summed E-state index contributed by atoms with van der Waals surface area (Å²) in [6, 6.07) is 18.3. The number of benzene rings is 3. The van der Waals surface area contributed by atoms with Crippen LogP contribution in [0.2, 0.25) is 5.02 Å². The number of halogens is 2.